The third-order valence-corrected chi connectivity index (χ3v) is 7.18. The van der Waals surface area contributed by atoms with E-state index in [9.17, 15) is 13.2 Å². The summed E-state index contributed by atoms with van der Waals surface area (Å²) < 4.78 is 28.3. The van der Waals surface area contributed by atoms with Crippen LogP contribution in [0.5, 0.6) is 0 Å². The van der Waals surface area contributed by atoms with Crippen LogP contribution in [0.2, 0.25) is 0 Å². The van der Waals surface area contributed by atoms with Crippen LogP contribution in [0.4, 0.5) is 0 Å². The molecule has 2 heterocycles. The van der Waals surface area contributed by atoms with E-state index in [1.54, 1.807) is 12.1 Å². The number of sulfonamides is 1. The first-order valence-corrected chi connectivity index (χ1v) is 11.0. The minimum absolute atomic E-state index is 0.0104. The number of carbonyl (C=O) groups excluding carboxylic acids is 1. The Morgan fingerprint density at radius 3 is 2.64 bits per heavy atom. The number of nitrogens with zero attached hydrogens (tertiary/aromatic N) is 4. The Balaban J connectivity index is 2.04. The molecule has 0 bridgehead atoms. The van der Waals surface area contributed by atoms with Gasteiger partial charge in [0.15, 0.2) is 0 Å². The molecule has 1 aliphatic rings. The molecular formula is C19H29N5O3S. The molecule has 1 saturated heterocycles. The number of piperazine rings is 1. The third-order valence-electron chi connectivity index (χ3n) is 5.37. The molecule has 0 unspecified atom stereocenters. The molecule has 2 aromatic rings. The summed E-state index contributed by atoms with van der Waals surface area (Å²) >= 11 is 0. The number of benzene rings is 1. The van der Waals surface area contributed by atoms with E-state index in [0.717, 1.165) is 30.9 Å². The lowest BCUT2D eigenvalue weighted by Crippen LogP contribution is -2.61. The predicted octanol–water partition coefficient (Wildman–Crippen LogP) is 1.41. The maximum Gasteiger partial charge on any atom is 0.242 e. The smallest absolute Gasteiger partial charge is 0.242 e. The van der Waals surface area contributed by atoms with E-state index in [-0.39, 0.29) is 10.8 Å². The lowest BCUT2D eigenvalue weighted by Gasteiger charge is -2.40. The molecule has 28 heavy (non-hydrogen) atoms. The first-order valence-electron chi connectivity index (χ1n) is 9.54. The number of fused-ring (bicyclic) bond motifs is 1. The third kappa shape index (κ3) is 3.54. The normalized spacial score (nSPS) is 18.0. The number of nitrogens with one attached hydrogen (secondary N) is 1. The Labute approximate surface area is 166 Å². The Morgan fingerprint density at radius 2 is 2.00 bits per heavy atom. The van der Waals surface area contributed by atoms with E-state index in [1.807, 2.05) is 19.9 Å². The summed E-state index contributed by atoms with van der Waals surface area (Å²) in [5.41, 5.74) is 0.951. The average molecular weight is 408 g/mol. The topological polar surface area (TPSA) is 87.5 Å². The molecule has 8 nitrogen and oxygen atoms in total. The molecule has 0 saturated carbocycles. The summed E-state index contributed by atoms with van der Waals surface area (Å²) in [6.07, 6.45) is 0.931. The highest BCUT2D eigenvalue weighted by Crippen LogP contribution is 2.25. The number of aryl methyl sites for hydroxylation is 1. The number of amides is 1. The molecule has 9 heteroatoms. The van der Waals surface area contributed by atoms with Gasteiger partial charge in [-0.2, -0.15) is 0 Å². The van der Waals surface area contributed by atoms with Crippen molar-refractivity contribution < 1.29 is 13.2 Å². The molecule has 1 fully saturated rings. The van der Waals surface area contributed by atoms with Crippen molar-refractivity contribution >= 4 is 27.0 Å². The van der Waals surface area contributed by atoms with Gasteiger partial charge in [0.05, 0.1) is 28.0 Å². The Kier molecular flexibility index (Phi) is 5.53. The second kappa shape index (κ2) is 7.46. The van der Waals surface area contributed by atoms with Crippen molar-refractivity contribution in [3.63, 3.8) is 0 Å². The van der Waals surface area contributed by atoms with Gasteiger partial charge < -0.3 is 9.88 Å². The first-order chi connectivity index (χ1) is 13.1. The van der Waals surface area contributed by atoms with Crippen LogP contribution >= 0.6 is 0 Å². The number of carbonyl (C=O) groups is 1. The molecule has 1 amide bonds. The van der Waals surface area contributed by atoms with Crippen LogP contribution in [0.1, 0.15) is 33.0 Å². The molecule has 1 N–H and O–H groups in total. The van der Waals surface area contributed by atoms with Gasteiger partial charge >= 0.3 is 0 Å². The molecule has 0 atom stereocenters. The summed E-state index contributed by atoms with van der Waals surface area (Å²) in [7, 11) is -0.481. The van der Waals surface area contributed by atoms with Gasteiger partial charge in [-0.25, -0.2) is 17.7 Å². The zero-order valence-electron chi connectivity index (χ0n) is 17.2. The maximum absolute atomic E-state index is 12.5. The van der Waals surface area contributed by atoms with Crippen molar-refractivity contribution in [1.29, 1.82) is 0 Å². The van der Waals surface area contributed by atoms with Gasteiger partial charge in [0.2, 0.25) is 15.9 Å². The van der Waals surface area contributed by atoms with E-state index in [1.165, 1.54) is 18.4 Å². The lowest BCUT2D eigenvalue weighted by atomic mass is 9.99. The molecule has 1 aromatic heterocycles. The zero-order valence-corrected chi connectivity index (χ0v) is 18.0. The van der Waals surface area contributed by atoms with E-state index >= 15 is 0 Å². The van der Waals surface area contributed by atoms with Crippen LogP contribution in [0.25, 0.3) is 11.0 Å². The molecule has 3 rings (SSSR count). The molecule has 0 radical (unpaired) electrons. The standard InChI is InChI=1S/C19H29N5O3S/c1-6-10-24-16-8-7-14(28(26,27)22(4)5)12-15(16)21-17(24)13-23-11-9-20-18(25)19(23,2)3/h7-8,12H,6,9-11,13H2,1-5H3,(H,20,25). The quantitative estimate of drug-likeness (QED) is 0.782. The molecule has 154 valence electrons. The van der Waals surface area contributed by atoms with Gasteiger partial charge in [0.1, 0.15) is 5.82 Å². The van der Waals surface area contributed by atoms with Gasteiger partial charge in [-0.05, 0) is 38.5 Å². The second-order valence-corrected chi connectivity index (χ2v) is 10.0. The largest absolute Gasteiger partial charge is 0.353 e. The van der Waals surface area contributed by atoms with Crippen molar-refractivity contribution in [2.24, 2.45) is 0 Å². The van der Waals surface area contributed by atoms with Crippen LogP contribution in [0, 0.1) is 0 Å². The van der Waals surface area contributed by atoms with Crippen molar-refractivity contribution in [1.82, 2.24) is 24.1 Å². The van der Waals surface area contributed by atoms with Gasteiger partial charge in [-0.3, -0.25) is 9.69 Å². The highest BCUT2D eigenvalue weighted by Gasteiger charge is 2.38. The number of imidazole rings is 1. The zero-order chi connectivity index (χ0) is 20.7. The van der Waals surface area contributed by atoms with E-state index in [2.05, 4.69) is 21.7 Å². The van der Waals surface area contributed by atoms with Crippen molar-refractivity contribution in [2.45, 2.75) is 50.7 Å². The molecule has 0 aliphatic carbocycles. The summed E-state index contributed by atoms with van der Waals surface area (Å²) in [4.78, 5) is 19.4. The summed E-state index contributed by atoms with van der Waals surface area (Å²) in [6.45, 7) is 8.59. The fraction of sp³-hybridized carbons (Fsp3) is 0.579. The highest BCUT2D eigenvalue weighted by molar-refractivity contribution is 7.89. The molecule has 1 aliphatic heterocycles. The minimum Gasteiger partial charge on any atom is -0.353 e. The predicted molar refractivity (Wildman–Crippen MR) is 108 cm³/mol. The minimum atomic E-state index is -3.52. The van der Waals surface area contributed by atoms with Crippen LogP contribution < -0.4 is 5.32 Å². The lowest BCUT2D eigenvalue weighted by molar-refractivity contribution is -0.135. The maximum atomic E-state index is 12.5. The van der Waals surface area contributed by atoms with Crippen LogP contribution in [-0.2, 0) is 27.9 Å². The number of hydrogen-bond acceptors (Lipinski definition) is 5. The second-order valence-electron chi connectivity index (χ2n) is 7.85. The van der Waals surface area contributed by atoms with Crippen molar-refractivity contribution in [3.8, 4) is 0 Å². The van der Waals surface area contributed by atoms with Gasteiger partial charge in [-0.1, -0.05) is 6.92 Å². The van der Waals surface area contributed by atoms with Crippen LogP contribution in [-0.4, -0.2) is 65.8 Å². The SMILES string of the molecule is CCCn1c(CN2CCNC(=O)C2(C)C)nc2cc(S(=O)(=O)N(C)C)ccc21. The summed E-state index contributed by atoms with van der Waals surface area (Å²) in [5.74, 6) is 0.857. The van der Waals surface area contributed by atoms with E-state index < -0.39 is 15.6 Å². The van der Waals surface area contributed by atoms with E-state index in [4.69, 9.17) is 4.98 Å². The van der Waals surface area contributed by atoms with Gasteiger partial charge in [0, 0.05) is 33.7 Å². The molecular weight excluding hydrogens is 378 g/mol. The molecule has 0 spiro atoms. The fourth-order valence-corrected chi connectivity index (χ4v) is 4.44. The summed E-state index contributed by atoms with van der Waals surface area (Å²) in [6, 6.07) is 5.09. The van der Waals surface area contributed by atoms with Crippen LogP contribution in [0.15, 0.2) is 23.1 Å². The highest BCUT2D eigenvalue weighted by atomic mass is 32.2. The van der Waals surface area contributed by atoms with Crippen LogP contribution in [0.3, 0.4) is 0 Å². The Hall–Kier alpha value is -1.97. The number of hydrogen-bond donors (Lipinski definition) is 1. The first kappa shape index (κ1) is 20.8. The van der Waals surface area contributed by atoms with Gasteiger partial charge in [-0.15, -0.1) is 0 Å². The average Bonchev–Trinajstić information content (AvgIpc) is 2.96. The van der Waals surface area contributed by atoms with Crippen molar-refractivity contribution in [2.75, 3.05) is 27.2 Å². The fourth-order valence-electron chi connectivity index (χ4n) is 3.52. The molecule has 1 aromatic carbocycles. The van der Waals surface area contributed by atoms with E-state index in [0.29, 0.717) is 18.6 Å². The Morgan fingerprint density at radius 1 is 1.29 bits per heavy atom. The van der Waals surface area contributed by atoms with Gasteiger partial charge in [0.25, 0.3) is 0 Å². The Bertz CT molecular complexity index is 994. The number of aromatic nitrogens is 2. The van der Waals surface area contributed by atoms with Crippen molar-refractivity contribution in [3.05, 3.63) is 24.0 Å². The summed E-state index contributed by atoms with van der Waals surface area (Å²) in [5, 5.41) is 2.91. The number of rotatable bonds is 6. The monoisotopic (exact) mass is 407 g/mol.